The number of hydrogen-bond acceptors (Lipinski definition) is 3. The van der Waals surface area contributed by atoms with Crippen molar-refractivity contribution < 1.29 is 4.74 Å². The Morgan fingerprint density at radius 3 is 2.55 bits per heavy atom. The van der Waals surface area contributed by atoms with Crippen LogP contribution in [0.15, 0.2) is 35.1 Å². The molecule has 0 spiro atoms. The minimum atomic E-state index is -0.110. The molecule has 106 valence electrons. The van der Waals surface area contributed by atoms with Crippen molar-refractivity contribution in [3.8, 4) is 11.3 Å². The van der Waals surface area contributed by atoms with Crippen LogP contribution in [0.3, 0.4) is 0 Å². The van der Waals surface area contributed by atoms with Gasteiger partial charge in [-0.15, -0.1) is 0 Å². The van der Waals surface area contributed by atoms with Crippen molar-refractivity contribution in [3.05, 3.63) is 40.7 Å². The molecule has 1 aliphatic rings. The smallest absolute Gasteiger partial charge is 0.264 e. The van der Waals surface area contributed by atoms with Gasteiger partial charge in [-0.25, -0.2) is 0 Å². The molecule has 2 aromatic rings. The zero-order valence-corrected chi connectivity index (χ0v) is 11.3. The van der Waals surface area contributed by atoms with Crippen molar-refractivity contribution in [2.45, 2.75) is 12.8 Å². The van der Waals surface area contributed by atoms with Gasteiger partial charge >= 0.3 is 0 Å². The summed E-state index contributed by atoms with van der Waals surface area (Å²) in [6.45, 7) is 2.75. The number of benzene rings is 1. The SMILES string of the molecule is O=c1cc(-c2ccc(NCC3CCOCC3)cc2)[nH][nH]1. The third-order valence-corrected chi connectivity index (χ3v) is 3.73. The van der Waals surface area contributed by atoms with E-state index in [1.165, 1.54) is 0 Å². The molecule has 1 aliphatic heterocycles. The van der Waals surface area contributed by atoms with Gasteiger partial charge in [0.2, 0.25) is 0 Å². The largest absolute Gasteiger partial charge is 0.385 e. The third-order valence-electron chi connectivity index (χ3n) is 3.73. The van der Waals surface area contributed by atoms with Gasteiger partial charge in [0.15, 0.2) is 0 Å². The van der Waals surface area contributed by atoms with E-state index in [0.29, 0.717) is 5.92 Å². The van der Waals surface area contributed by atoms with Crippen LogP contribution in [0.25, 0.3) is 11.3 Å². The normalized spacial score (nSPS) is 16.2. The zero-order chi connectivity index (χ0) is 13.8. The number of aromatic amines is 2. The second-order valence-electron chi connectivity index (χ2n) is 5.19. The molecule has 3 rings (SSSR count). The molecule has 0 saturated carbocycles. The van der Waals surface area contributed by atoms with Crippen molar-refractivity contribution in [1.29, 1.82) is 0 Å². The molecule has 0 radical (unpaired) electrons. The monoisotopic (exact) mass is 273 g/mol. The van der Waals surface area contributed by atoms with E-state index in [2.05, 4.69) is 15.5 Å². The van der Waals surface area contributed by atoms with Crippen LogP contribution in [0.4, 0.5) is 5.69 Å². The average Bonchev–Trinajstić information content (AvgIpc) is 2.93. The molecule has 0 unspecified atom stereocenters. The molecule has 1 saturated heterocycles. The first-order valence-corrected chi connectivity index (χ1v) is 7.01. The lowest BCUT2D eigenvalue weighted by Gasteiger charge is -2.22. The molecule has 0 aliphatic carbocycles. The van der Waals surface area contributed by atoms with E-state index in [4.69, 9.17) is 4.74 Å². The van der Waals surface area contributed by atoms with Gasteiger partial charge in [0, 0.05) is 31.5 Å². The average molecular weight is 273 g/mol. The number of H-pyrrole nitrogens is 2. The molecule has 3 N–H and O–H groups in total. The van der Waals surface area contributed by atoms with Gasteiger partial charge in [0.25, 0.3) is 5.56 Å². The molecule has 0 amide bonds. The second kappa shape index (κ2) is 5.96. The fourth-order valence-corrected chi connectivity index (χ4v) is 2.47. The second-order valence-corrected chi connectivity index (χ2v) is 5.19. The van der Waals surface area contributed by atoms with E-state index in [9.17, 15) is 4.79 Å². The van der Waals surface area contributed by atoms with E-state index < -0.39 is 0 Å². The number of nitrogens with one attached hydrogen (secondary N) is 3. The number of rotatable bonds is 4. The van der Waals surface area contributed by atoms with E-state index in [1.807, 2.05) is 24.3 Å². The highest BCUT2D eigenvalue weighted by Gasteiger charge is 2.13. The zero-order valence-electron chi connectivity index (χ0n) is 11.3. The molecular weight excluding hydrogens is 254 g/mol. The summed E-state index contributed by atoms with van der Waals surface area (Å²) in [4.78, 5) is 11.1. The van der Waals surface area contributed by atoms with Crippen LogP contribution in [0.2, 0.25) is 0 Å². The lowest BCUT2D eigenvalue weighted by molar-refractivity contribution is 0.0699. The van der Waals surface area contributed by atoms with E-state index in [-0.39, 0.29) is 5.56 Å². The summed E-state index contributed by atoms with van der Waals surface area (Å²) >= 11 is 0. The predicted octanol–water partition coefficient (Wildman–Crippen LogP) is 2.21. The maximum absolute atomic E-state index is 11.1. The maximum atomic E-state index is 11.1. The van der Waals surface area contributed by atoms with E-state index in [1.54, 1.807) is 6.07 Å². The summed E-state index contributed by atoms with van der Waals surface area (Å²) in [6.07, 6.45) is 2.27. The molecule has 20 heavy (non-hydrogen) atoms. The lowest BCUT2D eigenvalue weighted by Crippen LogP contribution is -2.22. The Hall–Kier alpha value is -2.01. The van der Waals surface area contributed by atoms with Crippen LogP contribution >= 0.6 is 0 Å². The molecule has 1 fully saturated rings. The van der Waals surface area contributed by atoms with Gasteiger partial charge in [-0.2, -0.15) is 0 Å². The van der Waals surface area contributed by atoms with Gasteiger partial charge in [-0.1, -0.05) is 12.1 Å². The highest BCUT2D eigenvalue weighted by molar-refractivity contribution is 5.62. The Morgan fingerprint density at radius 1 is 1.15 bits per heavy atom. The Balaban J connectivity index is 1.59. The first-order chi connectivity index (χ1) is 9.81. The van der Waals surface area contributed by atoms with Crippen molar-refractivity contribution >= 4 is 5.69 Å². The van der Waals surface area contributed by atoms with Crippen molar-refractivity contribution in [2.75, 3.05) is 25.1 Å². The molecule has 1 aromatic heterocycles. The van der Waals surface area contributed by atoms with Gasteiger partial charge in [-0.3, -0.25) is 15.0 Å². The van der Waals surface area contributed by atoms with Gasteiger partial charge in [-0.05, 0) is 36.5 Å². The Labute approximate surface area is 117 Å². The summed E-state index contributed by atoms with van der Waals surface area (Å²) in [5.41, 5.74) is 2.81. The van der Waals surface area contributed by atoms with Crippen molar-refractivity contribution in [3.63, 3.8) is 0 Å². The Kier molecular flexibility index (Phi) is 3.87. The predicted molar refractivity (Wildman–Crippen MR) is 78.9 cm³/mol. The molecule has 5 heteroatoms. The lowest BCUT2D eigenvalue weighted by atomic mass is 10.0. The molecule has 2 heterocycles. The van der Waals surface area contributed by atoms with Crippen LogP contribution < -0.4 is 10.9 Å². The highest BCUT2D eigenvalue weighted by Crippen LogP contribution is 2.20. The van der Waals surface area contributed by atoms with Crippen LogP contribution in [0.1, 0.15) is 12.8 Å². The van der Waals surface area contributed by atoms with Gasteiger partial charge in [0.05, 0.1) is 5.69 Å². The number of aromatic nitrogens is 2. The topological polar surface area (TPSA) is 69.9 Å². The summed E-state index contributed by atoms with van der Waals surface area (Å²) in [5.74, 6) is 0.699. The van der Waals surface area contributed by atoms with Gasteiger partial charge < -0.3 is 10.1 Å². The number of anilines is 1. The van der Waals surface area contributed by atoms with Crippen LogP contribution in [0.5, 0.6) is 0 Å². The number of hydrogen-bond donors (Lipinski definition) is 3. The molecule has 0 atom stereocenters. The van der Waals surface area contributed by atoms with Crippen LogP contribution in [-0.4, -0.2) is 30.0 Å². The maximum Gasteiger partial charge on any atom is 0.264 e. The molecule has 5 nitrogen and oxygen atoms in total. The third kappa shape index (κ3) is 3.11. The van der Waals surface area contributed by atoms with Crippen molar-refractivity contribution in [2.24, 2.45) is 5.92 Å². The standard InChI is InChI=1S/C15H19N3O2/c19-15-9-14(17-18-15)12-1-3-13(4-2-12)16-10-11-5-7-20-8-6-11/h1-4,9,11,16H,5-8,10H2,(H2,17,18,19). The first kappa shape index (κ1) is 13.0. The van der Waals surface area contributed by atoms with Crippen molar-refractivity contribution in [1.82, 2.24) is 10.2 Å². The Bertz CT molecular complexity index is 594. The minimum Gasteiger partial charge on any atom is -0.385 e. The molecule has 1 aromatic carbocycles. The molecule has 0 bridgehead atoms. The van der Waals surface area contributed by atoms with Gasteiger partial charge in [0.1, 0.15) is 0 Å². The number of ether oxygens (including phenoxy) is 1. The highest BCUT2D eigenvalue weighted by atomic mass is 16.5. The Morgan fingerprint density at radius 2 is 1.90 bits per heavy atom. The summed E-state index contributed by atoms with van der Waals surface area (Å²) in [7, 11) is 0. The quantitative estimate of drug-likeness (QED) is 0.800. The minimum absolute atomic E-state index is 0.110. The van der Waals surface area contributed by atoms with Crippen LogP contribution in [0, 0.1) is 5.92 Å². The first-order valence-electron chi connectivity index (χ1n) is 7.01. The van der Waals surface area contributed by atoms with E-state index >= 15 is 0 Å². The fourth-order valence-electron chi connectivity index (χ4n) is 2.47. The van der Waals surface area contributed by atoms with E-state index in [0.717, 1.165) is 49.5 Å². The fraction of sp³-hybridized carbons (Fsp3) is 0.400. The summed E-state index contributed by atoms with van der Waals surface area (Å²) in [5, 5.41) is 8.86. The summed E-state index contributed by atoms with van der Waals surface area (Å²) < 4.78 is 5.36. The van der Waals surface area contributed by atoms with Crippen LogP contribution in [-0.2, 0) is 4.74 Å². The summed E-state index contributed by atoms with van der Waals surface area (Å²) in [6, 6.07) is 9.65. The molecular formula is C15H19N3O2.